The molecule has 1 heterocycles. The van der Waals surface area contributed by atoms with E-state index in [-0.39, 0.29) is 6.61 Å². The second-order valence-electron chi connectivity index (χ2n) is 5.30. The molecule has 0 unspecified atom stereocenters. The molecule has 1 aliphatic heterocycles. The van der Waals surface area contributed by atoms with Crippen molar-refractivity contribution in [3.05, 3.63) is 53.1 Å². The Bertz CT molecular complexity index is 861. The van der Waals surface area contributed by atoms with E-state index in [0.717, 1.165) is 22.4 Å². The van der Waals surface area contributed by atoms with Gasteiger partial charge in [0, 0.05) is 35.2 Å². The molecule has 2 aromatic carbocycles. The van der Waals surface area contributed by atoms with Crippen LogP contribution in [0.3, 0.4) is 0 Å². The molecule has 3 rings (SSSR count). The van der Waals surface area contributed by atoms with Crippen LogP contribution >= 0.6 is 0 Å². The monoisotopic (exact) mass is 334 g/mol. The minimum absolute atomic E-state index is 0.0322. The van der Waals surface area contributed by atoms with Gasteiger partial charge in [0.25, 0.3) is 0 Å². The van der Waals surface area contributed by atoms with Gasteiger partial charge < -0.3 is 19.3 Å². The number of benzene rings is 2. The number of hydrogen-bond acceptors (Lipinski definition) is 4. The van der Waals surface area contributed by atoms with Crippen LogP contribution in [0.5, 0.6) is 17.2 Å². The van der Waals surface area contributed by atoms with Crippen LogP contribution in [-0.2, 0) is 0 Å². The maximum Gasteiger partial charge on any atom is 0.162 e. The van der Waals surface area contributed by atoms with E-state index in [1.54, 1.807) is 7.11 Å². The molecule has 126 valence electrons. The number of methoxy groups -OCH3 is 1. The second kappa shape index (κ2) is 8.15. The zero-order valence-corrected chi connectivity index (χ0v) is 14.0. The molecular formula is C21H18O4. The number of fused-ring (bicyclic) bond motifs is 1. The molecule has 0 aromatic heterocycles. The molecule has 4 nitrogen and oxygen atoms in total. The molecule has 0 spiro atoms. The molecule has 0 aliphatic carbocycles. The first-order valence-electron chi connectivity index (χ1n) is 7.99. The molecule has 0 radical (unpaired) electrons. The van der Waals surface area contributed by atoms with Crippen LogP contribution in [0, 0.1) is 23.7 Å². The Morgan fingerprint density at radius 3 is 2.20 bits per heavy atom. The maximum absolute atomic E-state index is 8.92. The summed E-state index contributed by atoms with van der Waals surface area (Å²) in [6.07, 6.45) is 0.416. The Labute approximate surface area is 147 Å². The third kappa shape index (κ3) is 4.26. The van der Waals surface area contributed by atoms with E-state index in [4.69, 9.17) is 19.3 Å². The van der Waals surface area contributed by atoms with Gasteiger partial charge in [-0.15, -0.1) is 0 Å². The summed E-state index contributed by atoms with van der Waals surface area (Å²) in [6.45, 7) is 1.08. The lowest BCUT2D eigenvalue weighted by molar-refractivity contribution is 0.171. The van der Waals surface area contributed by atoms with E-state index in [9.17, 15) is 0 Å². The predicted molar refractivity (Wildman–Crippen MR) is 95.0 cm³/mol. The van der Waals surface area contributed by atoms with Crippen LogP contribution in [0.4, 0.5) is 0 Å². The minimum Gasteiger partial charge on any atom is -0.497 e. The van der Waals surface area contributed by atoms with Crippen LogP contribution < -0.4 is 14.2 Å². The highest BCUT2D eigenvalue weighted by Crippen LogP contribution is 2.32. The van der Waals surface area contributed by atoms with Crippen molar-refractivity contribution in [3.63, 3.8) is 0 Å². The first kappa shape index (κ1) is 16.8. The smallest absolute Gasteiger partial charge is 0.162 e. The number of ether oxygens (including phenoxy) is 3. The van der Waals surface area contributed by atoms with Gasteiger partial charge in [-0.1, -0.05) is 23.7 Å². The maximum atomic E-state index is 8.92. The largest absolute Gasteiger partial charge is 0.497 e. The predicted octanol–water partition coefficient (Wildman–Crippen LogP) is 2.60. The molecule has 4 heteroatoms. The van der Waals surface area contributed by atoms with Gasteiger partial charge in [-0.25, -0.2) is 0 Å². The van der Waals surface area contributed by atoms with Crippen molar-refractivity contribution >= 4 is 0 Å². The number of aliphatic hydroxyl groups is 1. The van der Waals surface area contributed by atoms with Crippen molar-refractivity contribution in [2.75, 3.05) is 26.9 Å². The Morgan fingerprint density at radius 1 is 0.960 bits per heavy atom. The zero-order valence-electron chi connectivity index (χ0n) is 14.0. The Balaban J connectivity index is 1.95. The summed E-state index contributed by atoms with van der Waals surface area (Å²) in [5, 5.41) is 8.92. The molecule has 0 fully saturated rings. The Morgan fingerprint density at radius 2 is 1.60 bits per heavy atom. The van der Waals surface area contributed by atoms with Crippen LogP contribution in [0.15, 0.2) is 36.4 Å². The molecule has 0 amide bonds. The fourth-order valence-corrected chi connectivity index (χ4v) is 2.32. The molecule has 1 aliphatic rings. The number of hydrogen-bond donors (Lipinski definition) is 1. The van der Waals surface area contributed by atoms with Crippen molar-refractivity contribution in [1.29, 1.82) is 0 Å². The average molecular weight is 334 g/mol. The van der Waals surface area contributed by atoms with Gasteiger partial charge in [0.05, 0.1) is 13.7 Å². The molecular weight excluding hydrogens is 316 g/mol. The van der Waals surface area contributed by atoms with Crippen molar-refractivity contribution < 1.29 is 19.3 Å². The summed E-state index contributed by atoms with van der Waals surface area (Å²) in [7, 11) is 1.63. The first-order valence-corrected chi connectivity index (χ1v) is 7.99. The summed E-state index contributed by atoms with van der Waals surface area (Å²) in [5.41, 5.74) is 2.41. The highest BCUT2D eigenvalue weighted by Gasteiger charge is 2.14. The quantitative estimate of drug-likeness (QED) is 0.858. The van der Waals surface area contributed by atoms with E-state index >= 15 is 0 Å². The van der Waals surface area contributed by atoms with Gasteiger partial charge >= 0.3 is 0 Å². The van der Waals surface area contributed by atoms with E-state index in [1.807, 2.05) is 36.4 Å². The molecule has 25 heavy (non-hydrogen) atoms. The van der Waals surface area contributed by atoms with Crippen molar-refractivity contribution in [2.24, 2.45) is 0 Å². The third-order valence-electron chi connectivity index (χ3n) is 3.57. The highest BCUT2D eigenvalue weighted by atomic mass is 16.6. The van der Waals surface area contributed by atoms with Crippen LogP contribution in [0.25, 0.3) is 0 Å². The first-order chi connectivity index (χ1) is 12.3. The molecule has 2 aromatic rings. The Kier molecular flexibility index (Phi) is 5.46. The lowest BCUT2D eigenvalue weighted by Gasteiger charge is -2.19. The van der Waals surface area contributed by atoms with E-state index in [1.165, 1.54) is 0 Å². The summed E-state index contributed by atoms with van der Waals surface area (Å²) < 4.78 is 16.4. The fraction of sp³-hybridized carbons (Fsp3) is 0.238. The van der Waals surface area contributed by atoms with Crippen molar-refractivity contribution in [1.82, 2.24) is 0 Å². The second-order valence-corrected chi connectivity index (χ2v) is 5.30. The van der Waals surface area contributed by atoms with Crippen molar-refractivity contribution in [3.8, 4) is 40.9 Å². The highest BCUT2D eigenvalue weighted by molar-refractivity contribution is 5.60. The normalized spacial score (nSPS) is 11.6. The average Bonchev–Trinajstić information content (AvgIpc) is 2.67. The summed E-state index contributed by atoms with van der Waals surface area (Å²) >= 11 is 0. The molecule has 1 N–H and O–H groups in total. The fourth-order valence-electron chi connectivity index (χ4n) is 2.32. The molecule has 0 bridgehead atoms. The summed E-state index contributed by atoms with van der Waals surface area (Å²) in [5.74, 6) is 14.4. The van der Waals surface area contributed by atoms with E-state index in [0.29, 0.717) is 31.1 Å². The molecule has 0 saturated carbocycles. The SMILES string of the molecule is COc1ccc(C#Cc2cc3c(cc2C#CCCO)OCCO3)cc1. The van der Waals surface area contributed by atoms with Crippen LogP contribution in [-0.4, -0.2) is 32.0 Å². The lowest BCUT2D eigenvalue weighted by atomic mass is 10.1. The van der Waals surface area contributed by atoms with Crippen LogP contribution in [0.2, 0.25) is 0 Å². The zero-order chi connectivity index (χ0) is 17.5. The number of rotatable bonds is 2. The van der Waals surface area contributed by atoms with Gasteiger partial charge in [0.2, 0.25) is 0 Å². The van der Waals surface area contributed by atoms with Gasteiger partial charge in [-0.2, -0.15) is 0 Å². The van der Waals surface area contributed by atoms with E-state index in [2.05, 4.69) is 23.7 Å². The van der Waals surface area contributed by atoms with Gasteiger partial charge in [-0.05, 0) is 24.3 Å². The van der Waals surface area contributed by atoms with Crippen LogP contribution in [0.1, 0.15) is 23.1 Å². The summed E-state index contributed by atoms with van der Waals surface area (Å²) in [4.78, 5) is 0. The lowest BCUT2D eigenvalue weighted by Crippen LogP contribution is -2.15. The minimum atomic E-state index is 0.0322. The van der Waals surface area contributed by atoms with E-state index < -0.39 is 0 Å². The molecule has 0 atom stereocenters. The molecule has 0 saturated heterocycles. The standard InChI is InChI=1S/C21H18O4/c1-23-19-9-6-16(7-10-19)5-8-18-15-21-20(24-12-13-25-21)14-17(18)4-2-3-11-22/h6-7,9-10,14-15,22H,3,11-13H2,1H3. The summed E-state index contributed by atoms with van der Waals surface area (Å²) in [6, 6.07) is 11.2. The van der Waals surface area contributed by atoms with Gasteiger partial charge in [0.1, 0.15) is 19.0 Å². The topological polar surface area (TPSA) is 47.9 Å². The number of aliphatic hydroxyl groups excluding tert-OH is 1. The van der Waals surface area contributed by atoms with Gasteiger partial charge in [-0.3, -0.25) is 0 Å². The van der Waals surface area contributed by atoms with Crippen molar-refractivity contribution in [2.45, 2.75) is 6.42 Å². The van der Waals surface area contributed by atoms with Gasteiger partial charge in [0.15, 0.2) is 11.5 Å². The third-order valence-corrected chi connectivity index (χ3v) is 3.57. The Hall–Kier alpha value is -3.08.